The van der Waals surface area contributed by atoms with Crippen molar-refractivity contribution in [3.8, 4) is 0 Å². The second-order valence-electron chi connectivity index (χ2n) is 3.94. The predicted molar refractivity (Wildman–Crippen MR) is 60.1 cm³/mol. The molecule has 0 aliphatic carbocycles. The molecule has 2 unspecified atom stereocenters. The van der Waals surface area contributed by atoms with Gasteiger partial charge in [0.1, 0.15) is 5.82 Å². The second-order valence-corrected chi connectivity index (χ2v) is 3.94. The molecule has 1 fully saturated rings. The summed E-state index contributed by atoms with van der Waals surface area (Å²) < 4.78 is 5.54. The molecule has 2 heterocycles. The largest absolute Gasteiger partial charge is 0.394 e. The van der Waals surface area contributed by atoms with Gasteiger partial charge in [0.25, 0.3) is 0 Å². The molecule has 6 heteroatoms. The van der Waals surface area contributed by atoms with E-state index in [0.717, 1.165) is 0 Å². The number of nitrogen functional groups attached to an aromatic ring is 1. The first-order valence-electron chi connectivity index (χ1n) is 5.29. The summed E-state index contributed by atoms with van der Waals surface area (Å²) >= 11 is 0. The first-order valence-corrected chi connectivity index (χ1v) is 5.29. The van der Waals surface area contributed by atoms with E-state index in [0.29, 0.717) is 24.9 Å². The highest BCUT2D eigenvalue weighted by atomic mass is 16.5. The monoisotopic (exact) mass is 224 g/mol. The summed E-state index contributed by atoms with van der Waals surface area (Å²) in [6, 6.07) is 1.65. The van der Waals surface area contributed by atoms with Crippen LogP contribution >= 0.6 is 0 Å². The van der Waals surface area contributed by atoms with Crippen molar-refractivity contribution in [2.24, 2.45) is 0 Å². The maximum Gasteiger partial charge on any atom is 0.227 e. The summed E-state index contributed by atoms with van der Waals surface area (Å²) in [6.45, 7) is 3.26. The molecule has 6 nitrogen and oxygen atoms in total. The molecule has 0 aromatic carbocycles. The fourth-order valence-corrected chi connectivity index (χ4v) is 1.82. The van der Waals surface area contributed by atoms with E-state index >= 15 is 0 Å². The predicted octanol–water partition coefficient (Wildman–Crippen LogP) is -0.355. The zero-order valence-corrected chi connectivity index (χ0v) is 9.21. The number of nitrogens with two attached hydrogens (primary N) is 1. The van der Waals surface area contributed by atoms with Crippen molar-refractivity contribution < 1.29 is 9.84 Å². The normalized spacial score (nSPS) is 25.8. The van der Waals surface area contributed by atoms with E-state index < -0.39 is 0 Å². The lowest BCUT2D eigenvalue weighted by atomic mass is 10.2. The first kappa shape index (κ1) is 11.1. The van der Waals surface area contributed by atoms with Crippen LogP contribution in [0.3, 0.4) is 0 Å². The van der Waals surface area contributed by atoms with Gasteiger partial charge in [-0.05, 0) is 13.0 Å². The van der Waals surface area contributed by atoms with Crippen LogP contribution in [0.15, 0.2) is 12.3 Å². The number of aliphatic hydroxyl groups is 1. The number of rotatable bonds is 2. The summed E-state index contributed by atoms with van der Waals surface area (Å²) in [5.41, 5.74) is 5.61. The summed E-state index contributed by atoms with van der Waals surface area (Å²) in [7, 11) is 0. The minimum Gasteiger partial charge on any atom is -0.394 e. The minimum atomic E-state index is -0.186. The average molecular weight is 224 g/mol. The van der Waals surface area contributed by atoms with E-state index in [1.165, 1.54) is 0 Å². The molecule has 1 aliphatic heterocycles. The third kappa shape index (κ3) is 2.40. The summed E-state index contributed by atoms with van der Waals surface area (Å²) in [4.78, 5) is 10.3. The Kier molecular flexibility index (Phi) is 3.21. The number of hydrogen-bond acceptors (Lipinski definition) is 6. The zero-order valence-electron chi connectivity index (χ0n) is 9.21. The van der Waals surface area contributed by atoms with E-state index in [1.807, 2.05) is 11.8 Å². The van der Waals surface area contributed by atoms with E-state index in [4.69, 9.17) is 15.6 Å². The first-order chi connectivity index (χ1) is 7.69. The van der Waals surface area contributed by atoms with Gasteiger partial charge < -0.3 is 20.5 Å². The number of morpholine rings is 1. The van der Waals surface area contributed by atoms with Crippen LogP contribution in [0.4, 0.5) is 11.8 Å². The second kappa shape index (κ2) is 4.63. The number of aliphatic hydroxyl groups excluding tert-OH is 1. The van der Waals surface area contributed by atoms with Crippen molar-refractivity contribution in [1.29, 1.82) is 0 Å². The van der Waals surface area contributed by atoms with Crippen LogP contribution in [0.1, 0.15) is 6.92 Å². The van der Waals surface area contributed by atoms with Crippen molar-refractivity contribution >= 4 is 11.8 Å². The number of anilines is 2. The van der Waals surface area contributed by atoms with Crippen LogP contribution in [0.5, 0.6) is 0 Å². The van der Waals surface area contributed by atoms with Crippen LogP contribution in [0, 0.1) is 0 Å². The van der Waals surface area contributed by atoms with Crippen molar-refractivity contribution in [2.45, 2.75) is 19.1 Å². The SMILES string of the molecule is CC1CN(c2nccc(N)n2)CC(CO)O1. The summed E-state index contributed by atoms with van der Waals surface area (Å²) in [6.07, 6.45) is 1.50. The molecule has 1 aromatic rings. The van der Waals surface area contributed by atoms with Crippen LogP contribution in [0.25, 0.3) is 0 Å². The Bertz CT molecular complexity index is 360. The lowest BCUT2D eigenvalue weighted by molar-refractivity contribution is -0.0425. The Morgan fingerprint density at radius 3 is 3.12 bits per heavy atom. The number of aromatic nitrogens is 2. The molecule has 0 saturated carbocycles. The zero-order chi connectivity index (χ0) is 11.5. The summed E-state index contributed by atoms with van der Waals surface area (Å²) in [5.74, 6) is 1.04. The van der Waals surface area contributed by atoms with E-state index in [-0.39, 0.29) is 18.8 Å². The third-order valence-electron chi connectivity index (χ3n) is 2.48. The molecule has 88 valence electrons. The molecule has 3 N–H and O–H groups in total. The van der Waals surface area contributed by atoms with Crippen molar-refractivity contribution in [3.63, 3.8) is 0 Å². The van der Waals surface area contributed by atoms with Gasteiger partial charge in [-0.1, -0.05) is 0 Å². The van der Waals surface area contributed by atoms with Crippen molar-refractivity contribution in [1.82, 2.24) is 9.97 Å². The minimum absolute atomic E-state index is 0.00313. The molecule has 2 atom stereocenters. The lowest BCUT2D eigenvalue weighted by Gasteiger charge is -2.35. The van der Waals surface area contributed by atoms with Gasteiger partial charge in [-0.25, -0.2) is 4.98 Å². The average Bonchev–Trinajstić information content (AvgIpc) is 2.28. The van der Waals surface area contributed by atoms with Crippen molar-refractivity contribution in [3.05, 3.63) is 12.3 Å². The summed E-state index contributed by atoms with van der Waals surface area (Å²) in [5, 5.41) is 9.11. The molecule has 0 bridgehead atoms. The maximum absolute atomic E-state index is 9.11. The van der Waals surface area contributed by atoms with E-state index in [2.05, 4.69) is 9.97 Å². The number of hydrogen-bond donors (Lipinski definition) is 2. The van der Waals surface area contributed by atoms with Gasteiger partial charge >= 0.3 is 0 Å². The molecule has 0 spiro atoms. The lowest BCUT2D eigenvalue weighted by Crippen LogP contribution is -2.48. The molecular weight excluding hydrogens is 208 g/mol. The topological polar surface area (TPSA) is 84.5 Å². The van der Waals surface area contributed by atoms with Gasteiger partial charge in [-0.3, -0.25) is 0 Å². The quantitative estimate of drug-likeness (QED) is 0.714. The highest BCUT2D eigenvalue weighted by Gasteiger charge is 2.26. The van der Waals surface area contributed by atoms with E-state index in [9.17, 15) is 0 Å². The Morgan fingerprint density at radius 1 is 1.62 bits per heavy atom. The Hall–Kier alpha value is -1.40. The Labute approximate surface area is 94.1 Å². The van der Waals surface area contributed by atoms with Gasteiger partial charge in [0, 0.05) is 19.3 Å². The highest BCUT2D eigenvalue weighted by molar-refractivity contribution is 5.38. The maximum atomic E-state index is 9.11. The van der Waals surface area contributed by atoms with E-state index in [1.54, 1.807) is 12.3 Å². The van der Waals surface area contributed by atoms with Crippen molar-refractivity contribution in [2.75, 3.05) is 30.3 Å². The Balaban J connectivity index is 2.14. The molecular formula is C10H16N4O2. The van der Waals surface area contributed by atoms with Crippen LogP contribution in [0.2, 0.25) is 0 Å². The molecule has 1 aromatic heterocycles. The Morgan fingerprint density at radius 2 is 2.44 bits per heavy atom. The number of ether oxygens (including phenoxy) is 1. The molecule has 0 radical (unpaired) electrons. The van der Waals surface area contributed by atoms with Crippen LogP contribution in [-0.4, -0.2) is 47.0 Å². The fraction of sp³-hybridized carbons (Fsp3) is 0.600. The van der Waals surface area contributed by atoms with Gasteiger partial charge in [-0.2, -0.15) is 4.98 Å². The van der Waals surface area contributed by atoms with Gasteiger partial charge in [0.15, 0.2) is 0 Å². The highest BCUT2D eigenvalue weighted by Crippen LogP contribution is 2.16. The third-order valence-corrected chi connectivity index (χ3v) is 2.48. The molecule has 16 heavy (non-hydrogen) atoms. The van der Waals surface area contributed by atoms with Gasteiger partial charge in [-0.15, -0.1) is 0 Å². The molecule has 0 amide bonds. The van der Waals surface area contributed by atoms with Crippen LogP contribution < -0.4 is 10.6 Å². The molecule has 1 aliphatic rings. The molecule has 2 rings (SSSR count). The molecule has 1 saturated heterocycles. The standard InChI is InChI=1S/C10H16N4O2/c1-7-4-14(5-8(6-15)16-7)10-12-3-2-9(11)13-10/h2-3,7-8,15H,4-6H2,1H3,(H2,11,12,13). The fourth-order valence-electron chi connectivity index (χ4n) is 1.82. The van der Waals surface area contributed by atoms with Gasteiger partial charge in [0.05, 0.1) is 18.8 Å². The van der Waals surface area contributed by atoms with Gasteiger partial charge in [0.2, 0.25) is 5.95 Å². The smallest absolute Gasteiger partial charge is 0.227 e. The van der Waals surface area contributed by atoms with Crippen LogP contribution in [-0.2, 0) is 4.74 Å². The number of nitrogens with zero attached hydrogens (tertiary/aromatic N) is 3.